The van der Waals surface area contributed by atoms with Crippen molar-refractivity contribution < 1.29 is 9.90 Å². The fourth-order valence-corrected chi connectivity index (χ4v) is 5.34. The number of thiazole rings is 1. The molecule has 2 aromatic carbocycles. The number of carbonyl (C=O) groups excluding carboxylic acids is 1. The van der Waals surface area contributed by atoms with Crippen LogP contribution in [0.25, 0.3) is 21.6 Å². The van der Waals surface area contributed by atoms with Crippen molar-refractivity contribution in [3.8, 4) is 10.6 Å². The molecule has 1 fully saturated rings. The lowest BCUT2D eigenvalue weighted by molar-refractivity contribution is -0.128. The highest BCUT2D eigenvalue weighted by molar-refractivity contribution is 7.13. The van der Waals surface area contributed by atoms with Gasteiger partial charge < -0.3 is 15.4 Å². The van der Waals surface area contributed by atoms with Gasteiger partial charge in [-0.25, -0.2) is 9.97 Å². The van der Waals surface area contributed by atoms with Gasteiger partial charge in [0.1, 0.15) is 16.9 Å². The Hall–Kier alpha value is -2.78. The summed E-state index contributed by atoms with van der Waals surface area (Å²) in [5.74, 6) is 0.495. The first kappa shape index (κ1) is 23.0. The van der Waals surface area contributed by atoms with Crippen molar-refractivity contribution in [2.24, 2.45) is 0 Å². The van der Waals surface area contributed by atoms with Crippen LogP contribution in [0.5, 0.6) is 0 Å². The van der Waals surface area contributed by atoms with Crippen LogP contribution >= 0.6 is 22.9 Å². The zero-order valence-corrected chi connectivity index (χ0v) is 20.6. The highest BCUT2D eigenvalue weighted by Gasteiger charge is 2.38. The minimum absolute atomic E-state index is 0.202. The quantitative estimate of drug-likeness (QED) is 0.372. The standard InChI is InChI=1S/C25H26ClN5O2S/c1-14-3-8-19-22(15(14)2)30-21(29-19)11-27-24(33)23-20(32)9-10-31(23)12-18-13-34-25(28-18)16-4-6-17(26)7-5-16/h3-8,13,20,23,32H,9-12H2,1-2H3,(H,27,33)(H,29,30). The summed E-state index contributed by atoms with van der Waals surface area (Å²) in [7, 11) is 0. The predicted octanol–water partition coefficient (Wildman–Crippen LogP) is 4.21. The second-order valence-electron chi connectivity index (χ2n) is 8.73. The van der Waals surface area contributed by atoms with Gasteiger partial charge in [0.2, 0.25) is 5.91 Å². The molecule has 0 radical (unpaired) electrons. The lowest BCUT2D eigenvalue weighted by Gasteiger charge is -2.24. The number of imidazole rings is 1. The number of aryl methyl sites for hydroxylation is 2. The van der Waals surface area contributed by atoms with Gasteiger partial charge >= 0.3 is 0 Å². The molecule has 1 aliphatic heterocycles. The Labute approximate surface area is 206 Å². The molecule has 3 heterocycles. The minimum atomic E-state index is -0.713. The van der Waals surface area contributed by atoms with Gasteiger partial charge in [0.05, 0.1) is 29.4 Å². The van der Waals surface area contributed by atoms with Gasteiger partial charge in [0, 0.05) is 29.1 Å². The summed E-state index contributed by atoms with van der Waals surface area (Å²) >= 11 is 7.54. The monoisotopic (exact) mass is 495 g/mol. The number of halogens is 1. The first-order valence-electron chi connectivity index (χ1n) is 11.2. The molecule has 1 saturated heterocycles. The van der Waals surface area contributed by atoms with Crippen LogP contribution in [-0.4, -0.2) is 49.6 Å². The van der Waals surface area contributed by atoms with Crippen LogP contribution in [0.15, 0.2) is 41.8 Å². The van der Waals surface area contributed by atoms with Gasteiger partial charge in [-0.15, -0.1) is 11.3 Å². The fourth-order valence-electron chi connectivity index (χ4n) is 4.39. The molecule has 2 atom stereocenters. The first-order valence-corrected chi connectivity index (χ1v) is 12.5. The number of aromatic amines is 1. The van der Waals surface area contributed by atoms with Crippen LogP contribution < -0.4 is 5.32 Å². The Morgan fingerprint density at radius 2 is 2.03 bits per heavy atom. The number of nitrogens with one attached hydrogen (secondary N) is 2. The number of aliphatic hydroxyl groups is 1. The molecule has 1 amide bonds. The van der Waals surface area contributed by atoms with Gasteiger partial charge in [0.25, 0.3) is 0 Å². The smallest absolute Gasteiger partial charge is 0.240 e. The van der Waals surface area contributed by atoms with E-state index in [-0.39, 0.29) is 12.5 Å². The van der Waals surface area contributed by atoms with Crippen LogP contribution in [0.1, 0.15) is 29.1 Å². The zero-order chi connectivity index (χ0) is 23.8. The number of H-pyrrole nitrogens is 1. The number of hydrogen-bond acceptors (Lipinski definition) is 6. The van der Waals surface area contributed by atoms with E-state index in [0.717, 1.165) is 32.9 Å². The van der Waals surface area contributed by atoms with E-state index in [4.69, 9.17) is 16.6 Å². The van der Waals surface area contributed by atoms with Crippen LogP contribution in [0.2, 0.25) is 5.02 Å². The van der Waals surface area contributed by atoms with Gasteiger partial charge in [0.15, 0.2) is 0 Å². The Balaban J connectivity index is 1.25. The van der Waals surface area contributed by atoms with Crippen LogP contribution in [-0.2, 0) is 17.9 Å². The largest absolute Gasteiger partial charge is 0.391 e. The predicted molar refractivity (Wildman–Crippen MR) is 135 cm³/mol. The summed E-state index contributed by atoms with van der Waals surface area (Å²) in [6, 6.07) is 11.0. The highest BCUT2D eigenvalue weighted by Crippen LogP contribution is 2.27. The van der Waals surface area contributed by atoms with E-state index in [1.807, 2.05) is 47.5 Å². The third-order valence-electron chi connectivity index (χ3n) is 6.40. The number of likely N-dealkylation sites (tertiary alicyclic amines) is 1. The third-order valence-corrected chi connectivity index (χ3v) is 7.60. The van der Waals surface area contributed by atoms with Gasteiger partial charge in [-0.1, -0.05) is 29.8 Å². The number of nitrogens with zero attached hydrogens (tertiary/aromatic N) is 3. The molecule has 0 saturated carbocycles. The van der Waals surface area contributed by atoms with Gasteiger partial charge in [-0.2, -0.15) is 0 Å². The number of rotatable bonds is 6. The van der Waals surface area contributed by atoms with Crippen molar-refractivity contribution in [1.29, 1.82) is 0 Å². The SMILES string of the molecule is Cc1ccc2[nH]c(CNC(=O)C3C(O)CCN3Cc3csc(-c4ccc(Cl)cc4)n3)nc2c1C. The maximum Gasteiger partial charge on any atom is 0.240 e. The van der Waals surface area contributed by atoms with Crippen molar-refractivity contribution in [3.05, 3.63) is 69.4 Å². The molecular weight excluding hydrogens is 470 g/mol. The average Bonchev–Trinajstić information content (AvgIpc) is 3.55. The summed E-state index contributed by atoms with van der Waals surface area (Å²) in [6.07, 6.45) is -0.162. The van der Waals surface area contributed by atoms with Crippen LogP contribution in [0.3, 0.4) is 0 Å². The highest BCUT2D eigenvalue weighted by atomic mass is 35.5. The normalized spacial score (nSPS) is 18.6. The molecule has 2 unspecified atom stereocenters. The van der Waals surface area contributed by atoms with Gasteiger partial charge in [-0.05, 0) is 49.6 Å². The number of aromatic nitrogens is 3. The van der Waals surface area contributed by atoms with E-state index in [9.17, 15) is 9.90 Å². The molecule has 0 aliphatic carbocycles. The molecule has 4 aromatic rings. The average molecular weight is 496 g/mol. The number of carbonyl (C=O) groups is 1. The molecular formula is C25H26ClN5O2S. The van der Waals surface area contributed by atoms with Crippen molar-refractivity contribution in [1.82, 2.24) is 25.2 Å². The zero-order valence-electron chi connectivity index (χ0n) is 19.0. The van der Waals surface area contributed by atoms with Crippen molar-refractivity contribution in [2.75, 3.05) is 6.54 Å². The first-order chi connectivity index (χ1) is 16.4. The topological polar surface area (TPSA) is 94.1 Å². The molecule has 0 bridgehead atoms. The molecule has 9 heteroatoms. The summed E-state index contributed by atoms with van der Waals surface area (Å²) in [6.45, 7) is 5.52. The van der Waals surface area contributed by atoms with E-state index in [0.29, 0.717) is 30.4 Å². The Kier molecular flexibility index (Phi) is 6.40. The third kappa shape index (κ3) is 4.59. The van der Waals surface area contributed by atoms with E-state index in [1.54, 1.807) is 11.3 Å². The van der Waals surface area contributed by atoms with E-state index < -0.39 is 12.1 Å². The number of benzene rings is 2. The van der Waals surface area contributed by atoms with E-state index in [2.05, 4.69) is 28.3 Å². The minimum Gasteiger partial charge on any atom is -0.391 e. The number of amides is 1. The molecule has 1 aliphatic rings. The summed E-state index contributed by atoms with van der Waals surface area (Å²) in [5, 5.41) is 17.1. The molecule has 0 spiro atoms. The Morgan fingerprint density at radius 3 is 2.82 bits per heavy atom. The van der Waals surface area contributed by atoms with E-state index >= 15 is 0 Å². The van der Waals surface area contributed by atoms with Gasteiger partial charge in [-0.3, -0.25) is 9.69 Å². The Bertz CT molecular complexity index is 1330. The maximum absolute atomic E-state index is 13.0. The second kappa shape index (κ2) is 9.46. The molecule has 2 aromatic heterocycles. The van der Waals surface area contributed by atoms with Crippen LogP contribution in [0.4, 0.5) is 0 Å². The summed E-state index contributed by atoms with van der Waals surface area (Å²) < 4.78 is 0. The summed E-state index contributed by atoms with van der Waals surface area (Å²) in [4.78, 5) is 27.7. The van der Waals surface area contributed by atoms with Crippen molar-refractivity contribution >= 4 is 39.9 Å². The maximum atomic E-state index is 13.0. The second-order valence-corrected chi connectivity index (χ2v) is 10.0. The molecule has 34 heavy (non-hydrogen) atoms. The fraction of sp³-hybridized carbons (Fsp3) is 0.320. The van der Waals surface area contributed by atoms with E-state index in [1.165, 1.54) is 5.56 Å². The van der Waals surface area contributed by atoms with Crippen molar-refractivity contribution in [2.45, 2.75) is 45.5 Å². The molecule has 7 nitrogen and oxygen atoms in total. The number of fused-ring (bicyclic) bond motifs is 1. The lowest BCUT2D eigenvalue weighted by atomic mass is 10.1. The molecule has 3 N–H and O–H groups in total. The lowest BCUT2D eigenvalue weighted by Crippen LogP contribution is -2.47. The Morgan fingerprint density at radius 1 is 1.24 bits per heavy atom. The summed E-state index contributed by atoms with van der Waals surface area (Å²) in [5.41, 5.74) is 6.07. The van der Waals surface area contributed by atoms with Crippen LogP contribution in [0, 0.1) is 13.8 Å². The number of aliphatic hydroxyl groups excluding tert-OH is 1. The molecule has 5 rings (SSSR count). The molecule has 176 valence electrons. The number of hydrogen-bond donors (Lipinski definition) is 3. The van der Waals surface area contributed by atoms with Crippen molar-refractivity contribution in [3.63, 3.8) is 0 Å².